The SMILES string of the molecule is C#Cc1ccccc1C(C(=O)NC(C)(C)C)N(C(=O)C(CO)NC(=O)OC(C)(C)C)C(C)CCC(C)C. The van der Waals surface area contributed by atoms with Crippen molar-refractivity contribution >= 4 is 17.9 Å². The van der Waals surface area contributed by atoms with Gasteiger partial charge in [-0.25, -0.2) is 4.79 Å². The van der Waals surface area contributed by atoms with E-state index in [9.17, 15) is 19.5 Å². The molecule has 206 valence electrons. The summed E-state index contributed by atoms with van der Waals surface area (Å²) in [6.45, 7) is 16.0. The second kappa shape index (κ2) is 13.5. The lowest BCUT2D eigenvalue weighted by Gasteiger charge is -2.39. The standard InChI is InChI=1S/C29H45N3O5/c1-11-21-14-12-13-15-22(21)24(25(34)31-28(5,6)7)32(20(4)17-16-19(2)3)26(35)23(18-33)30-27(36)37-29(8,9)10/h1,12-15,19-20,23-24,33H,16-18H2,2-10H3,(H,30,36)(H,31,34). The molecule has 3 unspecified atom stereocenters. The van der Waals surface area contributed by atoms with Crippen LogP contribution in [0.15, 0.2) is 24.3 Å². The van der Waals surface area contributed by atoms with Crippen LogP contribution in [0.2, 0.25) is 0 Å². The van der Waals surface area contributed by atoms with Crippen LogP contribution in [0.1, 0.15) is 92.3 Å². The maximum Gasteiger partial charge on any atom is 0.408 e. The quantitative estimate of drug-likeness (QED) is 0.406. The fourth-order valence-corrected chi connectivity index (χ4v) is 3.85. The first-order valence-corrected chi connectivity index (χ1v) is 12.8. The van der Waals surface area contributed by atoms with Crippen LogP contribution in [-0.4, -0.2) is 57.7 Å². The lowest BCUT2D eigenvalue weighted by atomic mass is 9.93. The van der Waals surface area contributed by atoms with Gasteiger partial charge in [0.1, 0.15) is 17.7 Å². The Morgan fingerprint density at radius 3 is 2.14 bits per heavy atom. The van der Waals surface area contributed by atoms with Crippen LogP contribution in [-0.2, 0) is 14.3 Å². The first kappa shape index (κ1) is 32.0. The zero-order valence-electron chi connectivity index (χ0n) is 23.8. The molecule has 1 aromatic carbocycles. The predicted molar refractivity (Wildman–Crippen MR) is 146 cm³/mol. The van der Waals surface area contributed by atoms with Crippen molar-refractivity contribution in [2.75, 3.05) is 6.61 Å². The third kappa shape index (κ3) is 10.5. The average Bonchev–Trinajstić information content (AvgIpc) is 2.76. The van der Waals surface area contributed by atoms with Crippen molar-refractivity contribution in [3.05, 3.63) is 35.4 Å². The monoisotopic (exact) mass is 515 g/mol. The second-order valence-corrected chi connectivity index (χ2v) is 11.8. The molecule has 3 amide bonds. The maximum atomic E-state index is 14.0. The van der Waals surface area contributed by atoms with Crippen molar-refractivity contribution in [1.82, 2.24) is 15.5 Å². The van der Waals surface area contributed by atoms with Gasteiger partial charge in [-0.05, 0) is 78.9 Å². The number of aliphatic hydroxyl groups excluding tert-OH is 1. The zero-order valence-corrected chi connectivity index (χ0v) is 23.8. The van der Waals surface area contributed by atoms with Crippen LogP contribution in [0.4, 0.5) is 4.79 Å². The summed E-state index contributed by atoms with van der Waals surface area (Å²) in [7, 11) is 0. The number of carbonyl (C=O) groups excluding carboxylic acids is 3. The van der Waals surface area contributed by atoms with Gasteiger partial charge in [-0.15, -0.1) is 6.42 Å². The Balaban J connectivity index is 3.65. The molecule has 0 saturated heterocycles. The highest BCUT2D eigenvalue weighted by molar-refractivity contribution is 5.93. The molecule has 0 aliphatic carbocycles. The highest BCUT2D eigenvalue weighted by Gasteiger charge is 2.40. The van der Waals surface area contributed by atoms with E-state index in [2.05, 4.69) is 30.4 Å². The van der Waals surface area contributed by atoms with E-state index in [0.717, 1.165) is 6.42 Å². The fourth-order valence-electron chi connectivity index (χ4n) is 3.85. The van der Waals surface area contributed by atoms with Gasteiger partial charge in [0.05, 0.1) is 6.61 Å². The van der Waals surface area contributed by atoms with Crippen LogP contribution in [0.3, 0.4) is 0 Å². The number of terminal acetylenes is 1. The van der Waals surface area contributed by atoms with Crippen molar-refractivity contribution in [2.45, 2.75) is 104 Å². The molecule has 8 heteroatoms. The molecule has 1 rings (SSSR count). The first-order valence-electron chi connectivity index (χ1n) is 12.8. The van der Waals surface area contributed by atoms with E-state index >= 15 is 0 Å². The normalized spacial score (nSPS) is 14.2. The van der Waals surface area contributed by atoms with Gasteiger partial charge in [0.2, 0.25) is 11.8 Å². The molecule has 0 heterocycles. The van der Waals surface area contributed by atoms with Gasteiger partial charge in [-0.2, -0.15) is 0 Å². The third-order valence-electron chi connectivity index (χ3n) is 5.50. The summed E-state index contributed by atoms with van der Waals surface area (Å²) < 4.78 is 5.30. The van der Waals surface area contributed by atoms with Gasteiger partial charge in [-0.1, -0.05) is 38.0 Å². The minimum Gasteiger partial charge on any atom is -0.444 e. The fraction of sp³-hybridized carbons (Fsp3) is 0.621. The van der Waals surface area contributed by atoms with Gasteiger partial charge in [-0.3, -0.25) is 9.59 Å². The third-order valence-corrected chi connectivity index (χ3v) is 5.50. The van der Waals surface area contributed by atoms with E-state index in [4.69, 9.17) is 11.2 Å². The van der Waals surface area contributed by atoms with Crippen LogP contribution in [0.25, 0.3) is 0 Å². The van der Waals surface area contributed by atoms with Crippen LogP contribution in [0, 0.1) is 18.3 Å². The van der Waals surface area contributed by atoms with E-state index in [1.54, 1.807) is 45.0 Å². The Kier molecular flexibility index (Phi) is 11.7. The molecule has 0 aliphatic rings. The summed E-state index contributed by atoms with van der Waals surface area (Å²) >= 11 is 0. The number of nitrogens with zero attached hydrogens (tertiary/aromatic N) is 1. The Labute approximate surface area is 222 Å². The second-order valence-electron chi connectivity index (χ2n) is 11.8. The molecule has 37 heavy (non-hydrogen) atoms. The molecule has 3 atom stereocenters. The van der Waals surface area contributed by atoms with Gasteiger partial charge in [0, 0.05) is 17.1 Å². The molecular weight excluding hydrogens is 470 g/mol. The lowest BCUT2D eigenvalue weighted by Crippen LogP contribution is -2.58. The number of benzene rings is 1. The predicted octanol–water partition coefficient (Wildman–Crippen LogP) is 4.16. The molecule has 0 aliphatic heterocycles. The number of hydrogen-bond donors (Lipinski definition) is 3. The number of ether oxygens (including phenoxy) is 1. The van der Waals surface area contributed by atoms with E-state index in [1.807, 2.05) is 27.7 Å². The Morgan fingerprint density at radius 1 is 1.05 bits per heavy atom. The van der Waals surface area contributed by atoms with Crippen molar-refractivity contribution < 1.29 is 24.2 Å². The minimum absolute atomic E-state index is 0.368. The summed E-state index contributed by atoms with van der Waals surface area (Å²) in [5.41, 5.74) is -0.406. The van der Waals surface area contributed by atoms with E-state index < -0.39 is 53.8 Å². The Morgan fingerprint density at radius 2 is 1.65 bits per heavy atom. The number of hydrogen-bond acceptors (Lipinski definition) is 5. The van der Waals surface area contributed by atoms with Gasteiger partial charge < -0.3 is 25.4 Å². The van der Waals surface area contributed by atoms with E-state index in [-0.39, 0.29) is 0 Å². The molecule has 0 spiro atoms. The van der Waals surface area contributed by atoms with E-state index in [0.29, 0.717) is 23.5 Å². The van der Waals surface area contributed by atoms with Gasteiger partial charge >= 0.3 is 6.09 Å². The Hall–Kier alpha value is -3.05. The lowest BCUT2D eigenvalue weighted by molar-refractivity contribution is -0.146. The molecule has 8 nitrogen and oxygen atoms in total. The number of carbonyl (C=O) groups is 3. The van der Waals surface area contributed by atoms with Gasteiger partial charge in [0.15, 0.2) is 0 Å². The molecule has 1 aromatic rings. The molecule has 0 fully saturated rings. The van der Waals surface area contributed by atoms with Crippen LogP contribution in [0.5, 0.6) is 0 Å². The first-order chi connectivity index (χ1) is 17.0. The van der Waals surface area contributed by atoms with Crippen molar-refractivity contribution in [2.24, 2.45) is 5.92 Å². The molecule has 0 aromatic heterocycles. The summed E-state index contributed by atoms with van der Waals surface area (Å²) in [5, 5.41) is 15.6. The van der Waals surface area contributed by atoms with Crippen molar-refractivity contribution in [3.8, 4) is 12.3 Å². The number of rotatable bonds is 10. The number of nitrogens with one attached hydrogen (secondary N) is 2. The molecule has 0 bridgehead atoms. The Bertz CT molecular complexity index is 969. The highest BCUT2D eigenvalue weighted by atomic mass is 16.6. The smallest absolute Gasteiger partial charge is 0.408 e. The number of amides is 3. The van der Waals surface area contributed by atoms with Crippen molar-refractivity contribution in [1.29, 1.82) is 0 Å². The van der Waals surface area contributed by atoms with Crippen LogP contribution < -0.4 is 10.6 Å². The maximum absolute atomic E-state index is 14.0. The summed E-state index contributed by atoms with van der Waals surface area (Å²) in [6.07, 6.45) is 6.35. The summed E-state index contributed by atoms with van der Waals surface area (Å²) in [6, 6.07) is 4.16. The summed E-state index contributed by atoms with van der Waals surface area (Å²) in [5.74, 6) is 1.97. The number of aliphatic hydroxyl groups is 1. The molecular formula is C29H45N3O5. The minimum atomic E-state index is -1.32. The average molecular weight is 516 g/mol. The van der Waals surface area contributed by atoms with Crippen molar-refractivity contribution in [3.63, 3.8) is 0 Å². The van der Waals surface area contributed by atoms with Crippen LogP contribution >= 0.6 is 0 Å². The topological polar surface area (TPSA) is 108 Å². The molecule has 0 saturated carbocycles. The van der Waals surface area contributed by atoms with Gasteiger partial charge in [0.25, 0.3) is 0 Å². The largest absolute Gasteiger partial charge is 0.444 e. The number of alkyl carbamates (subject to hydrolysis) is 1. The molecule has 3 N–H and O–H groups in total. The highest BCUT2D eigenvalue weighted by Crippen LogP contribution is 2.30. The molecule has 0 radical (unpaired) electrons. The summed E-state index contributed by atoms with van der Waals surface area (Å²) in [4.78, 5) is 41.7. The van der Waals surface area contributed by atoms with E-state index in [1.165, 1.54) is 4.90 Å². The zero-order chi connectivity index (χ0) is 28.6.